The predicted octanol–water partition coefficient (Wildman–Crippen LogP) is 4.41. The Morgan fingerprint density at radius 2 is 1.84 bits per heavy atom. The first-order valence-corrected chi connectivity index (χ1v) is 12.3. The third-order valence-corrected chi connectivity index (χ3v) is 6.37. The molecule has 8 heteroatoms. The van der Waals surface area contributed by atoms with Crippen molar-refractivity contribution >= 4 is 34.3 Å². The first-order chi connectivity index (χ1) is 15.1. The maximum Gasteiger partial charge on any atom is 0.262 e. The first-order valence-electron chi connectivity index (χ1n) is 11.4. The maximum atomic E-state index is 13.1. The minimum Gasteiger partial charge on any atom is -0.353 e. The summed E-state index contributed by atoms with van der Waals surface area (Å²) in [7, 11) is 0. The summed E-state index contributed by atoms with van der Waals surface area (Å²) >= 11 is 1.35. The van der Waals surface area contributed by atoms with Gasteiger partial charge in [0.25, 0.3) is 5.56 Å². The van der Waals surface area contributed by atoms with Crippen LogP contribution < -0.4 is 10.9 Å². The van der Waals surface area contributed by atoms with Crippen LogP contribution in [0, 0.1) is 0 Å². The smallest absolute Gasteiger partial charge is 0.262 e. The molecule has 0 aliphatic rings. The zero-order chi connectivity index (χ0) is 22.2. The molecule has 31 heavy (non-hydrogen) atoms. The number of thioether (sulfide) groups is 1. The Bertz CT molecular complexity index is 1070. The van der Waals surface area contributed by atoms with Crippen LogP contribution in [0.1, 0.15) is 65.7 Å². The van der Waals surface area contributed by atoms with Crippen LogP contribution >= 0.6 is 11.8 Å². The van der Waals surface area contributed by atoms with Gasteiger partial charge in [0.05, 0.1) is 16.7 Å². The van der Waals surface area contributed by atoms with Gasteiger partial charge in [0, 0.05) is 12.6 Å². The van der Waals surface area contributed by atoms with E-state index >= 15 is 0 Å². The molecule has 0 bridgehead atoms. The van der Waals surface area contributed by atoms with Gasteiger partial charge < -0.3 is 5.32 Å². The average Bonchev–Trinajstić information content (AvgIpc) is 3.19. The van der Waals surface area contributed by atoms with Crippen molar-refractivity contribution in [3.8, 4) is 0 Å². The largest absolute Gasteiger partial charge is 0.353 e. The summed E-state index contributed by atoms with van der Waals surface area (Å²) in [5.41, 5.74) is 0.733. The molecule has 0 aliphatic heterocycles. The summed E-state index contributed by atoms with van der Waals surface area (Å²) in [4.78, 5) is 25.5. The molecule has 1 N–H and O–H groups in total. The number of benzene rings is 1. The molecule has 2 heterocycles. The van der Waals surface area contributed by atoms with Gasteiger partial charge in [-0.15, -0.1) is 10.2 Å². The number of carbonyl (C=O) groups is 1. The number of aromatic nitrogens is 4. The Balaban J connectivity index is 1.82. The maximum absolute atomic E-state index is 13.1. The van der Waals surface area contributed by atoms with Gasteiger partial charge in [0.15, 0.2) is 5.16 Å². The van der Waals surface area contributed by atoms with Crippen LogP contribution in [0.4, 0.5) is 0 Å². The quantitative estimate of drug-likeness (QED) is 0.331. The molecule has 1 unspecified atom stereocenters. The number of rotatable bonds is 12. The van der Waals surface area contributed by atoms with E-state index in [4.69, 9.17) is 0 Å². The monoisotopic (exact) mass is 443 g/mol. The lowest BCUT2D eigenvalue weighted by molar-refractivity contribution is -0.119. The second kappa shape index (κ2) is 11.3. The number of nitrogens with one attached hydrogen (secondary N) is 1. The molecule has 0 radical (unpaired) electrons. The summed E-state index contributed by atoms with van der Waals surface area (Å²) in [6.07, 6.45) is 7.53. The molecule has 1 aromatic carbocycles. The highest BCUT2D eigenvalue weighted by Crippen LogP contribution is 2.22. The fourth-order valence-corrected chi connectivity index (χ4v) is 4.52. The Hall–Kier alpha value is -2.35. The molecule has 0 fully saturated rings. The highest BCUT2D eigenvalue weighted by atomic mass is 32.2. The summed E-state index contributed by atoms with van der Waals surface area (Å²) in [5.74, 6) is 0.796. The number of unbranched alkanes of at least 4 members (excludes halogenated alkanes) is 4. The van der Waals surface area contributed by atoms with E-state index in [2.05, 4.69) is 29.4 Å². The van der Waals surface area contributed by atoms with Gasteiger partial charge >= 0.3 is 0 Å². The van der Waals surface area contributed by atoms with Crippen molar-refractivity contribution < 1.29 is 4.79 Å². The summed E-state index contributed by atoms with van der Waals surface area (Å²) in [6.45, 7) is 6.98. The molecule has 3 rings (SSSR count). The van der Waals surface area contributed by atoms with Crippen LogP contribution in [0.5, 0.6) is 0 Å². The molecular formula is C23H33N5O2S. The van der Waals surface area contributed by atoms with Crippen LogP contribution in [0.2, 0.25) is 0 Å². The van der Waals surface area contributed by atoms with Gasteiger partial charge in [-0.05, 0) is 31.9 Å². The highest BCUT2D eigenvalue weighted by Gasteiger charge is 2.17. The van der Waals surface area contributed by atoms with Crippen LogP contribution in [0.3, 0.4) is 0 Å². The van der Waals surface area contributed by atoms with E-state index in [0.29, 0.717) is 22.9 Å². The fraction of sp³-hybridized carbons (Fsp3) is 0.565. The summed E-state index contributed by atoms with van der Waals surface area (Å²) in [6, 6.07) is 7.69. The molecule has 0 saturated carbocycles. The topological polar surface area (TPSA) is 81.3 Å². The number of fused-ring (bicyclic) bond motifs is 3. The minimum atomic E-state index is -0.0400. The number of nitrogens with zero attached hydrogens (tertiary/aromatic N) is 4. The first kappa shape index (κ1) is 23.3. The SMILES string of the molecule is CCCCCC(C)NC(=O)CSc1nnc2n(CCCCC)c(=O)c3ccccc3n12. The lowest BCUT2D eigenvalue weighted by Gasteiger charge is -2.13. The zero-order valence-electron chi connectivity index (χ0n) is 18.8. The number of amides is 1. The number of aryl methyl sites for hydroxylation is 1. The van der Waals surface area contributed by atoms with Crippen molar-refractivity contribution in [2.45, 2.75) is 83.5 Å². The van der Waals surface area contributed by atoms with E-state index < -0.39 is 0 Å². The van der Waals surface area contributed by atoms with E-state index in [-0.39, 0.29) is 23.3 Å². The van der Waals surface area contributed by atoms with E-state index in [9.17, 15) is 9.59 Å². The van der Waals surface area contributed by atoms with Crippen molar-refractivity contribution in [2.75, 3.05) is 5.75 Å². The molecule has 168 valence electrons. The molecule has 0 spiro atoms. The molecule has 1 atom stereocenters. The van der Waals surface area contributed by atoms with E-state index in [1.807, 2.05) is 35.6 Å². The van der Waals surface area contributed by atoms with Crippen molar-refractivity contribution in [2.24, 2.45) is 0 Å². The minimum absolute atomic E-state index is 0.00804. The van der Waals surface area contributed by atoms with Crippen LogP contribution in [0.15, 0.2) is 34.2 Å². The second-order valence-corrected chi connectivity index (χ2v) is 8.99. The van der Waals surface area contributed by atoms with Crippen LogP contribution in [-0.4, -0.2) is 36.9 Å². The molecule has 3 aromatic rings. The normalized spacial score (nSPS) is 12.5. The van der Waals surface area contributed by atoms with Gasteiger partial charge in [0.1, 0.15) is 0 Å². The van der Waals surface area contributed by atoms with Crippen LogP contribution in [0.25, 0.3) is 16.7 Å². The zero-order valence-corrected chi connectivity index (χ0v) is 19.6. The summed E-state index contributed by atoms with van der Waals surface area (Å²) in [5, 5.41) is 13.0. The average molecular weight is 444 g/mol. The van der Waals surface area contributed by atoms with Crippen molar-refractivity contribution in [3.63, 3.8) is 0 Å². The lowest BCUT2D eigenvalue weighted by Crippen LogP contribution is -2.33. The summed E-state index contributed by atoms with van der Waals surface area (Å²) < 4.78 is 3.62. The fourth-order valence-electron chi connectivity index (χ4n) is 3.77. The van der Waals surface area contributed by atoms with Gasteiger partial charge in [-0.3, -0.25) is 18.6 Å². The van der Waals surface area contributed by atoms with E-state index in [1.165, 1.54) is 24.6 Å². The van der Waals surface area contributed by atoms with Crippen molar-refractivity contribution in [3.05, 3.63) is 34.6 Å². The Kier molecular flexibility index (Phi) is 8.51. The second-order valence-electron chi connectivity index (χ2n) is 8.05. The van der Waals surface area contributed by atoms with Gasteiger partial charge in [-0.1, -0.05) is 69.8 Å². The van der Waals surface area contributed by atoms with Gasteiger partial charge in [-0.25, -0.2) is 0 Å². The van der Waals surface area contributed by atoms with Crippen molar-refractivity contribution in [1.29, 1.82) is 0 Å². The standard InChI is InChI=1S/C23H33N5O2S/c1-4-6-8-12-17(3)24-20(29)16-31-23-26-25-22-27(15-11-7-5-2)21(30)18-13-9-10-14-19(18)28(22)23/h9-10,13-14,17H,4-8,11-12,15-16H2,1-3H3,(H,24,29). The van der Waals surface area contributed by atoms with Crippen molar-refractivity contribution in [1.82, 2.24) is 24.5 Å². The Labute approximate surface area is 187 Å². The number of carbonyl (C=O) groups excluding carboxylic acids is 1. The predicted molar refractivity (Wildman–Crippen MR) is 127 cm³/mol. The molecule has 0 aliphatic carbocycles. The molecule has 0 saturated heterocycles. The molecule has 7 nitrogen and oxygen atoms in total. The Morgan fingerprint density at radius 3 is 2.61 bits per heavy atom. The lowest BCUT2D eigenvalue weighted by atomic mass is 10.1. The number of para-hydroxylation sites is 1. The number of hydrogen-bond acceptors (Lipinski definition) is 5. The van der Waals surface area contributed by atoms with E-state index in [0.717, 1.165) is 37.6 Å². The van der Waals surface area contributed by atoms with E-state index in [1.54, 1.807) is 4.57 Å². The molecule has 2 aromatic heterocycles. The molecular weight excluding hydrogens is 410 g/mol. The van der Waals surface area contributed by atoms with Gasteiger partial charge in [-0.2, -0.15) is 0 Å². The molecule has 1 amide bonds. The third-order valence-electron chi connectivity index (χ3n) is 5.44. The third kappa shape index (κ3) is 5.67. The number of hydrogen-bond donors (Lipinski definition) is 1. The Morgan fingerprint density at radius 1 is 1.10 bits per heavy atom. The van der Waals surface area contributed by atoms with Crippen LogP contribution in [-0.2, 0) is 11.3 Å². The van der Waals surface area contributed by atoms with Gasteiger partial charge in [0.2, 0.25) is 11.7 Å². The highest BCUT2D eigenvalue weighted by molar-refractivity contribution is 7.99.